The summed E-state index contributed by atoms with van der Waals surface area (Å²) in [6, 6.07) is 24.1. The molecular weight excluding hydrogens is 580 g/mol. The average Bonchev–Trinajstić information content (AvgIpc) is 3.69. The first kappa shape index (κ1) is 32.6. The van der Waals surface area contributed by atoms with Crippen molar-refractivity contribution >= 4 is 6.09 Å². The topological polar surface area (TPSA) is 137 Å². The summed E-state index contributed by atoms with van der Waals surface area (Å²) in [4.78, 5) is 28.0. The number of aromatic amines is 2. The van der Waals surface area contributed by atoms with Gasteiger partial charge >= 0.3 is 6.09 Å². The molecule has 0 aliphatic carbocycles. The van der Waals surface area contributed by atoms with Gasteiger partial charge in [0, 0.05) is 35.3 Å². The number of carbonyl (C=O) groups excluding carboxylic acids is 1. The molecule has 0 saturated heterocycles. The molecule has 5 aromatic rings. The van der Waals surface area contributed by atoms with Crippen molar-refractivity contribution in [1.29, 1.82) is 0 Å². The molecule has 2 aromatic heterocycles. The Morgan fingerprint density at radius 1 is 0.739 bits per heavy atom. The minimum absolute atomic E-state index is 0.377. The molecule has 1 atom stereocenters. The van der Waals surface area contributed by atoms with Gasteiger partial charge in [-0.25, -0.2) is 14.8 Å². The molecule has 1 unspecified atom stereocenters. The predicted molar refractivity (Wildman–Crippen MR) is 179 cm³/mol. The van der Waals surface area contributed by atoms with E-state index in [-0.39, 0.29) is 0 Å². The molecule has 0 radical (unpaired) electrons. The van der Waals surface area contributed by atoms with Crippen molar-refractivity contribution < 1.29 is 19.4 Å². The lowest BCUT2D eigenvalue weighted by Gasteiger charge is -2.24. The SMILES string of the molecule is CC(C)(C)OC(=O)NCc1ccc(-c2ncc(-c3cccc(-c4cnc(-c5ccc(CNC(O)OC(C)(C)C)cc5)[nH]4)c3)[nH]2)cc1. The Balaban J connectivity index is 1.21. The third-order valence-electron chi connectivity index (χ3n) is 6.87. The van der Waals surface area contributed by atoms with Crippen molar-refractivity contribution in [3.05, 3.63) is 96.3 Å². The summed E-state index contributed by atoms with van der Waals surface area (Å²) in [5, 5.41) is 15.8. The highest BCUT2D eigenvalue weighted by atomic mass is 16.6. The van der Waals surface area contributed by atoms with E-state index in [2.05, 4.69) is 36.6 Å². The van der Waals surface area contributed by atoms with Crippen molar-refractivity contribution in [1.82, 2.24) is 30.6 Å². The Kier molecular flexibility index (Phi) is 9.71. The second kappa shape index (κ2) is 13.7. The maximum Gasteiger partial charge on any atom is 0.407 e. The number of aliphatic hydroxyl groups excluding tert-OH is 1. The number of rotatable bonds is 10. The molecule has 46 heavy (non-hydrogen) atoms. The third kappa shape index (κ3) is 9.13. The zero-order valence-corrected chi connectivity index (χ0v) is 27.1. The minimum atomic E-state index is -1.04. The number of amides is 1. The lowest BCUT2D eigenvalue weighted by atomic mass is 10.1. The highest BCUT2D eigenvalue weighted by Gasteiger charge is 2.17. The number of hydrogen-bond acceptors (Lipinski definition) is 7. The molecule has 0 aliphatic rings. The molecule has 0 spiro atoms. The van der Waals surface area contributed by atoms with Crippen molar-refractivity contribution in [3.63, 3.8) is 0 Å². The molecule has 2 heterocycles. The van der Waals surface area contributed by atoms with Crippen LogP contribution in [0, 0.1) is 0 Å². The molecule has 0 saturated carbocycles. The van der Waals surface area contributed by atoms with Crippen LogP contribution in [-0.4, -0.2) is 48.8 Å². The number of hydrogen-bond donors (Lipinski definition) is 5. The Morgan fingerprint density at radius 2 is 1.24 bits per heavy atom. The predicted octanol–water partition coefficient (Wildman–Crippen LogP) is 7.01. The molecule has 5 rings (SSSR count). The molecule has 10 nitrogen and oxygen atoms in total. The van der Waals surface area contributed by atoms with E-state index in [4.69, 9.17) is 9.47 Å². The zero-order chi connectivity index (χ0) is 32.9. The van der Waals surface area contributed by atoms with Gasteiger partial charge in [0.2, 0.25) is 6.41 Å². The van der Waals surface area contributed by atoms with Gasteiger partial charge in [-0.3, -0.25) is 5.32 Å². The van der Waals surface area contributed by atoms with E-state index in [0.29, 0.717) is 13.1 Å². The highest BCUT2D eigenvalue weighted by molar-refractivity contribution is 5.72. The molecule has 5 N–H and O–H groups in total. The van der Waals surface area contributed by atoms with Gasteiger partial charge in [-0.2, -0.15) is 0 Å². The maximum absolute atomic E-state index is 12.0. The lowest BCUT2D eigenvalue weighted by Crippen LogP contribution is -2.37. The van der Waals surface area contributed by atoms with Gasteiger partial charge in [-0.1, -0.05) is 66.7 Å². The number of imidazole rings is 2. The Morgan fingerprint density at radius 3 is 1.72 bits per heavy atom. The first-order valence-electron chi connectivity index (χ1n) is 15.3. The fourth-order valence-corrected chi connectivity index (χ4v) is 4.71. The molecule has 0 fully saturated rings. The third-order valence-corrected chi connectivity index (χ3v) is 6.87. The maximum atomic E-state index is 12.0. The van der Waals surface area contributed by atoms with E-state index in [1.807, 2.05) is 121 Å². The number of aliphatic hydroxyl groups is 1. The molecule has 10 heteroatoms. The van der Waals surface area contributed by atoms with E-state index >= 15 is 0 Å². The fraction of sp³-hybridized carbons (Fsp3) is 0.306. The second-order valence-corrected chi connectivity index (χ2v) is 13.1. The van der Waals surface area contributed by atoms with Crippen LogP contribution in [0.1, 0.15) is 52.7 Å². The lowest BCUT2D eigenvalue weighted by molar-refractivity contribution is -0.182. The number of nitrogens with one attached hydrogen (secondary N) is 4. The van der Waals surface area contributed by atoms with E-state index in [1.165, 1.54) is 0 Å². The van der Waals surface area contributed by atoms with E-state index in [1.54, 1.807) is 0 Å². The van der Waals surface area contributed by atoms with E-state index in [0.717, 1.165) is 56.4 Å². The Hall–Kier alpha value is -4.77. The van der Waals surface area contributed by atoms with Crippen LogP contribution in [0.2, 0.25) is 0 Å². The number of aromatic nitrogens is 4. The van der Waals surface area contributed by atoms with Crippen LogP contribution in [0.4, 0.5) is 4.79 Å². The summed E-state index contributed by atoms with van der Waals surface area (Å²) in [5.41, 5.74) is 6.71. The van der Waals surface area contributed by atoms with Crippen LogP contribution in [-0.2, 0) is 22.6 Å². The average molecular weight is 623 g/mol. The number of carbonyl (C=O) groups is 1. The standard InChI is InChI=1S/C36H42N6O4/c1-35(2,3)45-33(43)39-19-23-10-14-25(15-11-23)31-37-21-29(41-31)27-8-7-9-28(18-27)30-22-38-32(42-30)26-16-12-24(13-17-26)20-40-34(44)46-36(4,5)6/h7-18,21-22,33,39,43H,19-20H2,1-6H3,(H,37,41)(H,38,42)(H,40,44). The number of H-pyrrole nitrogens is 2. The van der Waals surface area contributed by atoms with Gasteiger partial charge in [0.05, 0.1) is 29.4 Å². The molecule has 0 bridgehead atoms. The second-order valence-electron chi connectivity index (χ2n) is 13.1. The highest BCUT2D eigenvalue weighted by Crippen LogP contribution is 2.28. The number of nitrogens with zero attached hydrogens (tertiary/aromatic N) is 2. The Bertz CT molecular complexity index is 1740. The molecule has 0 aliphatic heterocycles. The van der Waals surface area contributed by atoms with Gasteiger partial charge in [0.1, 0.15) is 17.2 Å². The normalized spacial score (nSPS) is 12.6. The summed E-state index contributed by atoms with van der Waals surface area (Å²) in [6.07, 6.45) is 2.19. The van der Waals surface area contributed by atoms with Crippen LogP contribution in [0.3, 0.4) is 0 Å². The van der Waals surface area contributed by atoms with Gasteiger partial charge < -0.3 is 29.9 Å². The summed E-state index contributed by atoms with van der Waals surface area (Å²) >= 11 is 0. The quantitative estimate of drug-likeness (QED) is 0.106. The summed E-state index contributed by atoms with van der Waals surface area (Å²) in [6.45, 7) is 12.0. The van der Waals surface area contributed by atoms with Crippen molar-refractivity contribution in [2.45, 2.75) is 72.2 Å². The fourth-order valence-electron chi connectivity index (χ4n) is 4.71. The van der Waals surface area contributed by atoms with E-state index in [9.17, 15) is 9.90 Å². The van der Waals surface area contributed by atoms with Gasteiger partial charge in [0.25, 0.3) is 0 Å². The smallest absolute Gasteiger partial charge is 0.407 e. The Labute approximate surface area is 269 Å². The van der Waals surface area contributed by atoms with Crippen molar-refractivity contribution in [2.24, 2.45) is 0 Å². The van der Waals surface area contributed by atoms with E-state index < -0.39 is 23.7 Å². The zero-order valence-electron chi connectivity index (χ0n) is 27.1. The van der Waals surface area contributed by atoms with Gasteiger partial charge in [-0.05, 0) is 58.7 Å². The first-order valence-corrected chi connectivity index (χ1v) is 15.3. The largest absolute Gasteiger partial charge is 0.444 e. The van der Waals surface area contributed by atoms with Crippen molar-refractivity contribution in [3.8, 4) is 45.3 Å². The molecule has 240 valence electrons. The minimum Gasteiger partial charge on any atom is -0.444 e. The molecule has 3 aromatic carbocycles. The number of ether oxygens (including phenoxy) is 2. The summed E-state index contributed by atoms with van der Waals surface area (Å²) in [5.74, 6) is 1.52. The van der Waals surface area contributed by atoms with Crippen LogP contribution in [0.15, 0.2) is 85.2 Å². The first-order chi connectivity index (χ1) is 21.8. The molecular formula is C36H42N6O4. The summed E-state index contributed by atoms with van der Waals surface area (Å²) < 4.78 is 10.8. The number of benzene rings is 3. The van der Waals surface area contributed by atoms with Crippen LogP contribution < -0.4 is 10.6 Å². The van der Waals surface area contributed by atoms with Crippen LogP contribution >= 0.6 is 0 Å². The van der Waals surface area contributed by atoms with Crippen LogP contribution in [0.25, 0.3) is 45.3 Å². The summed E-state index contributed by atoms with van der Waals surface area (Å²) in [7, 11) is 0. The van der Waals surface area contributed by atoms with Crippen molar-refractivity contribution in [2.75, 3.05) is 0 Å². The van der Waals surface area contributed by atoms with Crippen LogP contribution in [0.5, 0.6) is 0 Å². The monoisotopic (exact) mass is 622 g/mol. The molecule has 1 amide bonds. The van der Waals surface area contributed by atoms with Gasteiger partial charge in [-0.15, -0.1) is 0 Å². The number of alkyl carbamates (subject to hydrolysis) is 1. The van der Waals surface area contributed by atoms with Gasteiger partial charge in [0.15, 0.2) is 0 Å².